The van der Waals surface area contributed by atoms with Gasteiger partial charge in [0.05, 0.1) is 4.90 Å². The summed E-state index contributed by atoms with van der Waals surface area (Å²) in [6.07, 6.45) is 0. The second-order valence-electron chi connectivity index (χ2n) is 9.00. The molecule has 1 amide bonds. The molecular formula is C26H27N3O3S. The van der Waals surface area contributed by atoms with Gasteiger partial charge in [-0.15, -0.1) is 0 Å². The second-order valence-corrected chi connectivity index (χ2v) is 10.7. The number of aromatic nitrogens is 1. The highest BCUT2D eigenvalue weighted by atomic mass is 32.2. The Morgan fingerprint density at radius 3 is 2.30 bits per heavy atom. The monoisotopic (exact) mass is 461 g/mol. The van der Waals surface area contributed by atoms with Gasteiger partial charge in [-0.2, -0.15) is 0 Å². The number of para-hydroxylation sites is 1. The molecule has 2 N–H and O–H groups in total. The number of nitrogens with zero attached hydrogens (tertiary/aromatic N) is 1. The van der Waals surface area contributed by atoms with Crippen LogP contribution >= 0.6 is 0 Å². The molecule has 0 aliphatic carbocycles. The maximum Gasteiger partial charge on any atom is 0.272 e. The molecule has 7 heteroatoms. The summed E-state index contributed by atoms with van der Waals surface area (Å²) in [7, 11) is -3.72. The van der Waals surface area contributed by atoms with Crippen LogP contribution in [0.2, 0.25) is 0 Å². The maximum atomic E-state index is 13.3. The number of fused-ring (bicyclic) bond motifs is 1. The Hall–Kier alpha value is -3.42. The summed E-state index contributed by atoms with van der Waals surface area (Å²) >= 11 is 0. The molecule has 4 aromatic rings. The number of benzene rings is 3. The van der Waals surface area contributed by atoms with E-state index in [1.54, 1.807) is 32.9 Å². The van der Waals surface area contributed by atoms with Crippen molar-refractivity contribution in [2.75, 3.05) is 5.32 Å². The van der Waals surface area contributed by atoms with Gasteiger partial charge in [-0.1, -0.05) is 54.6 Å². The van der Waals surface area contributed by atoms with E-state index < -0.39 is 15.6 Å². The summed E-state index contributed by atoms with van der Waals surface area (Å²) in [6, 6.07) is 25.9. The van der Waals surface area contributed by atoms with Crippen LogP contribution in [-0.4, -0.2) is 24.4 Å². The molecule has 1 aromatic heterocycles. The molecule has 1 heterocycles. The highest BCUT2D eigenvalue weighted by Gasteiger charge is 2.23. The molecule has 0 bridgehead atoms. The van der Waals surface area contributed by atoms with Crippen molar-refractivity contribution in [1.29, 1.82) is 0 Å². The molecule has 4 rings (SSSR count). The third-order valence-electron chi connectivity index (χ3n) is 5.07. The van der Waals surface area contributed by atoms with Crippen molar-refractivity contribution in [3.05, 3.63) is 96.2 Å². The third kappa shape index (κ3) is 5.32. The first-order chi connectivity index (χ1) is 15.6. The van der Waals surface area contributed by atoms with Crippen LogP contribution in [0.4, 0.5) is 5.69 Å². The Kier molecular flexibility index (Phi) is 6.10. The highest BCUT2D eigenvalue weighted by Crippen LogP contribution is 2.23. The van der Waals surface area contributed by atoms with Gasteiger partial charge < -0.3 is 9.88 Å². The Labute approximate surface area is 194 Å². The molecule has 0 fully saturated rings. The minimum Gasteiger partial charge on any atom is -0.332 e. The summed E-state index contributed by atoms with van der Waals surface area (Å²) in [5.41, 5.74) is 2.33. The summed E-state index contributed by atoms with van der Waals surface area (Å²) in [4.78, 5) is 13.4. The van der Waals surface area contributed by atoms with Crippen molar-refractivity contribution in [2.24, 2.45) is 0 Å². The van der Waals surface area contributed by atoms with E-state index in [0.29, 0.717) is 17.9 Å². The first-order valence-electron chi connectivity index (χ1n) is 10.7. The Morgan fingerprint density at radius 2 is 1.58 bits per heavy atom. The average molecular weight is 462 g/mol. The fraction of sp³-hybridized carbons (Fsp3) is 0.192. The predicted octanol–water partition coefficient (Wildman–Crippen LogP) is 5.02. The van der Waals surface area contributed by atoms with Crippen LogP contribution < -0.4 is 10.0 Å². The van der Waals surface area contributed by atoms with E-state index in [-0.39, 0.29) is 10.8 Å². The fourth-order valence-corrected chi connectivity index (χ4v) is 5.20. The molecule has 0 saturated heterocycles. The first-order valence-corrected chi connectivity index (χ1v) is 12.2. The van der Waals surface area contributed by atoms with Gasteiger partial charge in [0, 0.05) is 28.7 Å². The average Bonchev–Trinajstić information content (AvgIpc) is 3.12. The standard InChI is InChI=1S/C26H27N3O3S/c1-26(2,3)28-33(31,32)22-14-9-13-21(17-22)27-25(30)24-16-20-12-7-8-15-23(20)29(24)18-19-10-5-4-6-11-19/h4-17,28H,18H2,1-3H3,(H,27,30). The van der Waals surface area contributed by atoms with Gasteiger partial charge in [0.1, 0.15) is 5.69 Å². The highest BCUT2D eigenvalue weighted by molar-refractivity contribution is 7.89. The van der Waals surface area contributed by atoms with E-state index in [2.05, 4.69) is 10.0 Å². The van der Waals surface area contributed by atoms with Crippen LogP contribution in [0.5, 0.6) is 0 Å². The topological polar surface area (TPSA) is 80.2 Å². The first kappa shape index (κ1) is 22.8. The molecule has 0 spiro atoms. The number of carbonyl (C=O) groups excluding carboxylic acids is 1. The molecule has 0 aliphatic heterocycles. The molecule has 0 aliphatic rings. The maximum absolute atomic E-state index is 13.3. The van der Waals surface area contributed by atoms with Gasteiger partial charge in [0.2, 0.25) is 10.0 Å². The van der Waals surface area contributed by atoms with Crippen molar-refractivity contribution in [3.8, 4) is 0 Å². The van der Waals surface area contributed by atoms with Crippen molar-refractivity contribution < 1.29 is 13.2 Å². The normalized spacial score (nSPS) is 12.1. The lowest BCUT2D eigenvalue weighted by Gasteiger charge is -2.20. The molecule has 33 heavy (non-hydrogen) atoms. The summed E-state index contributed by atoms with van der Waals surface area (Å²) in [5.74, 6) is -0.305. The van der Waals surface area contributed by atoms with Crippen LogP contribution in [-0.2, 0) is 16.6 Å². The Morgan fingerprint density at radius 1 is 0.879 bits per heavy atom. The minimum absolute atomic E-state index is 0.0973. The van der Waals surface area contributed by atoms with Crippen molar-refractivity contribution >= 4 is 32.5 Å². The van der Waals surface area contributed by atoms with Gasteiger partial charge in [0.25, 0.3) is 5.91 Å². The lowest BCUT2D eigenvalue weighted by Crippen LogP contribution is -2.40. The van der Waals surface area contributed by atoms with Gasteiger partial charge in [-0.3, -0.25) is 4.79 Å². The lowest BCUT2D eigenvalue weighted by molar-refractivity contribution is 0.101. The van der Waals surface area contributed by atoms with Gasteiger partial charge in [0.15, 0.2) is 0 Å². The number of amides is 1. The zero-order valence-electron chi connectivity index (χ0n) is 18.9. The van der Waals surface area contributed by atoms with Crippen molar-refractivity contribution in [2.45, 2.75) is 37.8 Å². The van der Waals surface area contributed by atoms with E-state index in [0.717, 1.165) is 16.5 Å². The molecular weight excluding hydrogens is 434 g/mol. The molecule has 0 atom stereocenters. The van der Waals surface area contributed by atoms with Crippen LogP contribution in [0.15, 0.2) is 89.8 Å². The summed E-state index contributed by atoms with van der Waals surface area (Å²) < 4.78 is 30.0. The lowest BCUT2D eigenvalue weighted by atomic mass is 10.1. The Bertz CT molecular complexity index is 1400. The summed E-state index contributed by atoms with van der Waals surface area (Å²) in [5, 5.41) is 3.83. The van der Waals surface area contributed by atoms with E-state index in [1.165, 1.54) is 12.1 Å². The molecule has 170 valence electrons. The molecule has 6 nitrogen and oxygen atoms in total. The number of carbonyl (C=O) groups is 1. The van der Waals surface area contributed by atoms with Crippen LogP contribution in [0.1, 0.15) is 36.8 Å². The van der Waals surface area contributed by atoms with Crippen LogP contribution in [0, 0.1) is 0 Å². The summed E-state index contributed by atoms with van der Waals surface area (Å²) in [6.45, 7) is 5.88. The quantitative estimate of drug-likeness (QED) is 0.423. The molecule has 3 aromatic carbocycles. The number of hydrogen-bond donors (Lipinski definition) is 2. The van der Waals surface area contributed by atoms with Crippen LogP contribution in [0.3, 0.4) is 0 Å². The number of nitrogens with one attached hydrogen (secondary N) is 2. The van der Waals surface area contributed by atoms with E-state index in [1.807, 2.05) is 65.2 Å². The number of rotatable bonds is 6. The minimum atomic E-state index is -3.72. The molecule has 0 saturated carbocycles. The smallest absolute Gasteiger partial charge is 0.272 e. The number of anilines is 1. The molecule has 0 unspecified atom stereocenters. The Balaban J connectivity index is 1.66. The van der Waals surface area contributed by atoms with Gasteiger partial charge in [-0.25, -0.2) is 13.1 Å². The van der Waals surface area contributed by atoms with Gasteiger partial charge >= 0.3 is 0 Å². The molecule has 0 radical (unpaired) electrons. The van der Waals surface area contributed by atoms with Crippen molar-refractivity contribution in [3.63, 3.8) is 0 Å². The van der Waals surface area contributed by atoms with Crippen molar-refractivity contribution in [1.82, 2.24) is 9.29 Å². The largest absolute Gasteiger partial charge is 0.332 e. The predicted molar refractivity (Wildman–Crippen MR) is 132 cm³/mol. The zero-order valence-corrected chi connectivity index (χ0v) is 19.7. The van der Waals surface area contributed by atoms with Gasteiger partial charge in [-0.05, 0) is 56.7 Å². The number of hydrogen-bond acceptors (Lipinski definition) is 3. The van der Waals surface area contributed by atoms with E-state index in [4.69, 9.17) is 0 Å². The van der Waals surface area contributed by atoms with E-state index >= 15 is 0 Å². The second kappa shape index (κ2) is 8.84. The number of sulfonamides is 1. The zero-order chi connectivity index (χ0) is 23.6. The SMILES string of the molecule is CC(C)(C)NS(=O)(=O)c1cccc(NC(=O)c2cc3ccccc3n2Cc2ccccc2)c1. The van der Waals surface area contributed by atoms with E-state index in [9.17, 15) is 13.2 Å². The van der Waals surface area contributed by atoms with Crippen LogP contribution in [0.25, 0.3) is 10.9 Å². The fourth-order valence-electron chi connectivity index (χ4n) is 3.73. The third-order valence-corrected chi connectivity index (χ3v) is 6.83.